The zero-order valence-corrected chi connectivity index (χ0v) is 11.4. The molecule has 1 aromatic heterocycles. The Morgan fingerprint density at radius 3 is 2.65 bits per heavy atom. The summed E-state index contributed by atoms with van der Waals surface area (Å²) in [5.74, 6) is -0.624. The molecule has 0 N–H and O–H groups in total. The molecule has 2 rings (SSSR count). The molecule has 0 aliphatic rings. The summed E-state index contributed by atoms with van der Waals surface area (Å²) in [6.45, 7) is 1.25. The van der Waals surface area contributed by atoms with E-state index in [-0.39, 0.29) is 11.3 Å². The maximum absolute atomic E-state index is 13.5. The smallest absolute Gasteiger partial charge is 0.167 e. The summed E-state index contributed by atoms with van der Waals surface area (Å²) in [4.78, 5) is 18.2. The van der Waals surface area contributed by atoms with Crippen molar-refractivity contribution in [3.05, 3.63) is 65.7 Å². The zero-order valence-electron chi connectivity index (χ0n) is 11.4. The van der Waals surface area contributed by atoms with Gasteiger partial charge < -0.3 is 4.90 Å². The number of ketones is 1. The van der Waals surface area contributed by atoms with Crippen LogP contribution in [0.4, 0.5) is 4.39 Å². The molecular weight excluding hydrogens is 255 g/mol. The van der Waals surface area contributed by atoms with Gasteiger partial charge in [0, 0.05) is 25.7 Å². The average molecular weight is 272 g/mol. The van der Waals surface area contributed by atoms with E-state index in [0.29, 0.717) is 19.5 Å². The van der Waals surface area contributed by atoms with E-state index in [9.17, 15) is 9.18 Å². The molecule has 3 nitrogen and oxygen atoms in total. The minimum absolute atomic E-state index is 0.165. The fraction of sp³-hybridized carbons (Fsp3) is 0.250. The average Bonchev–Trinajstić information content (AvgIpc) is 2.46. The van der Waals surface area contributed by atoms with Crippen molar-refractivity contribution < 1.29 is 9.18 Å². The molecular formula is C16H17FN2O. The molecule has 0 amide bonds. The quantitative estimate of drug-likeness (QED) is 0.758. The van der Waals surface area contributed by atoms with Gasteiger partial charge in [-0.05, 0) is 31.3 Å². The minimum Gasteiger partial charge on any atom is -0.300 e. The number of hydrogen-bond donors (Lipinski definition) is 0. The monoisotopic (exact) mass is 272 g/mol. The molecule has 4 heteroatoms. The molecule has 0 unspecified atom stereocenters. The van der Waals surface area contributed by atoms with E-state index in [1.165, 1.54) is 12.1 Å². The first-order chi connectivity index (χ1) is 9.66. The van der Waals surface area contributed by atoms with Gasteiger partial charge in [0.15, 0.2) is 5.78 Å². The lowest BCUT2D eigenvalue weighted by molar-refractivity contribution is 0.0963. The van der Waals surface area contributed by atoms with Gasteiger partial charge in [-0.25, -0.2) is 4.39 Å². The van der Waals surface area contributed by atoms with Gasteiger partial charge in [0.25, 0.3) is 0 Å². The molecule has 104 valence electrons. The van der Waals surface area contributed by atoms with E-state index >= 15 is 0 Å². The Morgan fingerprint density at radius 1 is 1.20 bits per heavy atom. The third kappa shape index (κ3) is 3.96. The molecule has 20 heavy (non-hydrogen) atoms. The summed E-state index contributed by atoms with van der Waals surface area (Å²) in [6, 6.07) is 11.8. The maximum Gasteiger partial charge on any atom is 0.167 e. The first-order valence-electron chi connectivity index (χ1n) is 6.53. The Balaban J connectivity index is 1.86. The van der Waals surface area contributed by atoms with Gasteiger partial charge in [0.2, 0.25) is 0 Å². The SMILES string of the molecule is CN(CCC(=O)c1ccccc1F)Cc1ccccn1. The lowest BCUT2D eigenvalue weighted by atomic mass is 10.1. The summed E-state index contributed by atoms with van der Waals surface area (Å²) < 4.78 is 13.5. The minimum atomic E-state index is -0.454. The second-order valence-electron chi connectivity index (χ2n) is 4.71. The Labute approximate surface area is 118 Å². The van der Waals surface area contributed by atoms with Crippen LogP contribution in [0, 0.1) is 5.82 Å². The molecule has 1 heterocycles. The number of nitrogens with zero attached hydrogens (tertiary/aromatic N) is 2. The fourth-order valence-electron chi connectivity index (χ4n) is 1.96. The van der Waals surface area contributed by atoms with Crippen molar-refractivity contribution in [1.82, 2.24) is 9.88 Å². The van der Waals surface area contributed by atoms with Crippen molar-refractivity contribution in [2.75, 3.05) is 13.6 Å². The van der Waals surface area contributed by atoms with Gasteiger partial charge in [-0.15, -0.1) is 0 Å². The van der Waals surface area contributed by atoms with Gasteiger partial charge in [0.05, 0.1) is 11.3 Å². The molecule has 0 fully saturated rings. The molecule has 0 spiro atoms. The van der Waals surface area contributed by atoms with Crippen molar-refractivity contribution in [2.45, 2.75) is 13.0 Å². The number of benzene rings is 1. The van der Waals surface area contributed by atoms with Crippen LogP contribution in [0.1, 0.15) is 22.5 Å². The summed E-state index contributed by atoms with van der Waals surface area (Å²) in [7, 11) is 1.92. The summed E-state index contributed by atoms with van der Waals surface area (Å²) in [6.07, 6.45) is 2.04. The van der Waals surface area contributed by atoms with Crippen molar-refractivity contribution in [3.8, 4) is 0 Å². The van der Waals surface area contributed by atoms with Crippen LogP contribution < -0.4 is 0 Å². The van der Waals surface area contributed by atoms with Crippen LogP contribution in [0.2, 0.25) is 0 Å². The van der Waals surface area contributed by atoms with Gasteiger partial charge >= 0.3 is 0 Å². The number of carbonyl (C=O) groups excluding carboxylic acids is 1. The third-order valence-electron chi connectivity index (χ3n) is 3.05. The van der Waals surface area contributed by atoms with Crippen LogP contribution in [0.25, 0.3) is 0 Å². The normalized spacial score (nSPS) is 10.8. The molecule has 0 saturated heterocycles. The summed E-state index contributed by atoms with van der Waals surface area (Å²) in [5, 5.41) is 0. The van der Waals surface area contributed by atoms with E-state index in [1.807, 2.05) is 30.1 Å². The number of carbonyl (C=O) groups is 1. The first kappa shape index (κ1) is 14.3. The first-order valence-corrected chi connectivity index (χ1v) is 6.53. The van der Waals surface area contributed by atoms with E-state index < -0.39 is 5.82 Å². The van der Waals surface area contributed by atoms with Crippen LogP contribution in [0.3, 0.4) is 0 Å². The van der Waals surface area contributed by atoms with Gasteiger partial charge in [-0.2, -0.15) is 0 Å². The molecule has 0 saturated carbocycles. The Bertz CT molecular complexity index is 572. The fourth-order valence-corrected chi connectivity index (χ4v) is 1.96. The van der Waals surface area contributed by atoms with Crippen LogP contribution in [-0.4, -0.2) is 29.3 Å². The number of rotatable bonds is 6. The maximum atomic E-state index is 13.5. The lowest BCUT2D eigenvalue weighted by Crippen LogP contribution is -2.22. The highest BCUT2D eigenvalue weighted by molar-refractivity contribution is 5.96. The standard InChI is InChI=1S/C16H17FN2O/c1-19(12-13-6-4-5-10-18-13)11-9-16(20)14-7-2-3-8-15(14)17/h2-8,10H,9,11-12H2,1H3. The number of halogens is 1. The van der Waals surface area contributed by atoms with E-state index in [1.54, 1.807) is 18.3 Å². The summed E-state index contributed by atoms with van der Waals surface area (Å²) >= 11 is 0. The van der Waals surface area contributed by atoms with Gasteiger partial charge in [0.1, 0.15) is 5.82 Å². The highest BCUT2D eigenvalue weighted by Crippen LogP contribution is 2.10. The number of Topliss-reactive ketones (excluding diaryl/α,β-unsaturated/α-hetero) is 1. The van der Waals surface area contributed by atoms with Crippen LogP contribution in [0.5, 0.6) is 0 Å². The number of hydrogen-bond acceptors (Lipinski definition) is 3. The van der Waals surface area contributed by atoms with E-state index in [0.717, 1.165) is 5.69 Å². The predicted molar refractivity (Wildman–Crippen MR) is 75.9 cm³/mol. The molecule has 0 atom stereocenters. The number of aromatic nitrogens is 1. The second-order valence-corrected chi connectivity index (χ2v) is 4.71. The van der Waals surface area contributed by atoms with Crippen LogP contribution in [0.15, 0.2) is 48.7 Å². The lowest BCUT2D eigenvalue weighted by Gasteiger charge is -2.15. The molecule has 1 aromatic carbocycles. The predicted octanol–water partition coefficient (Wildman–Crippen LogP) is 2.93. The zero-order chi connectivity index (χ0) is 14.4. The Morgan fingerprint density at radius 2 is 1.95 bits per heavy atom. The topological polar surface area (TPSA) is 33.2 Å². The van der Waals surface area contributed by atoms with Crippen LogP contribution in [-0.2, 0) is 6.54 Å². The molecule has 0 aliphatic carbocycles. The molecule has 2 aromatic rings. The van der Waals surface area contributed by atoms with Crippen molar-refractivity contribution in [3.63, 3.8) is 0 Å². The Kier molecular flexibility index (Phi) is 4.96. The Hall–Kier alpha value is -2.07. The summed E-state index contributed by atoms with van der Waals surface area (Å²) in [5.41, 5.74) is 1.12. The highest BCUT2D eigenvalue weighted by Gasteiger charge is 2.11. The van der Waals surface area contributed by atoms with E-state index in [4.69, 9.17) is 0 Å². The third-order valence-corrected chi connectivity index (χ3v) is 3.05. The van der Waals surface area contributed by atoms with Crippen molar-refractivity contribution >= 4 is 5.78 Å². The van der Waals surface area contributed by atoms with Gasteiger partial charge in [-0.1, -0.05) is 18.2 Å². The van der Waals surface area contributed by atoms with Gasteiger partial charge in [-0.3, -0.25) is 9.78 Å². The molecule has 0 bridgehead atoms. The second kappa shape index (κ2) is 6.91. The van der Waals surface area contributed by atoms with Crippen molar-refractivity contribution in [1.29, 1.82) is 0 Å². The van der Waals surface area contributed by atoms with Crippen molar-refractivity contribution in [2.24, 2.45) is 0 Å². The van der Waals surface area contributed by atoms with Crippen LogP contribution >= 0.6 is 0 Å². The van der Waals surface area contributed by atoms with E-state index in [2.05, 4.69) is 4.98 Å². The molecule has 0 aliphatic heterocycles. The highest BCUT2D eigenvalue weighted by atomic mass is 19.1. The largest absolute Gasteiger partial charge is 0.300 e. The molecule has 0 radical (unpaired) electrons. The number of pyridine rings is 1.